The lowest BCUT2D eigenvalue weighted by atomic mass is 10.2. The smallest absolute Gasteiger partial charge is 0.187 e. The first kappa shape index (κ1) is 15.9. The van der Waals surface area contributed by atoms with E-state index in [4.69, 9.17) is 17.0 Å². The lowest BCUT2D eigenvalue weighted by Crippen LogP contribution is -2.32. The lowest BCUT2D eigenvalue weighted by Gasteiger charge is -2.08. The van der Waals surface area contributed by atoms with Crippen molar-refractivity contribution in [3.05, 3.63) is 59.9 Å². The summed E-state index contributed by atoms with van der Waals surface area (Å²) in [5.74, 6) is 0.833. The van der Waals surface area contributed by atoms with Gasteiger partial charge in [-0.2, -0.15) is 5.10 Å². The summed E-state index contributed by atoms with van der Waals surface area (Å²) in [6.45, 7) is 2.50. The van der Waals surface area contributed by atoms with Crippen LogP contribution in [0.2, 0.25) is 0 Å². The Morgan fingerprint density at radius 1 is 1.23 bits per heavy atom. The molecule has 0 radical (unpaired) electrons. The van der Waals surface area contributed by atoms with E-state index in [1.54, 1.807) is 13.3 Å². The van der Waals surface area contributed by atoms with Crippen molar-refractivity contribution in [2.75, 3.05) is 7.11 Å². The first-order valence-corrected chi connectivity index (χ1v) is 7.22. The number of benzene rings is 1. The summed E-state index contributed by atoms with van der Waals surface area (Å²) >= 11 is 5.20. The molecule has 0 atom stereocenters. The van der Waals surface area contributed by atoms with Gasteiger partial charge < -0.3 is 10.1 Å². The zero-order valence-corrected chi connectivity index (χ0v) is 13.4. The topological polar surface area (TPSA) is 58.5 Å². The number of hydrazone groups is 1. The fraction of sp³-hybridized carbons (Fsp3) is 0.188. The van der Waals surface area contributed by atoms with Crippen LogP contribution in [0.3, 0.4) is 0 Å². The molecular formula is C16H18N4OS. The molecule has 5 nitrogen and oxygen atoms in total. The number of thiocarbonyl (C=S) groups is 1. The Labute approximate surface area is 135 Å². The summed E-state index contributed by atoms with van der Waals surface area (Å²) in [5, 5.41) is 7.77. The fourth-order valence-electron chi connectivity index (χ4n) is 1.73. The number of ether oxygens (including phenoxy) is 1. The van der Waals surface area contributed by atoms with Gasteiger partial charge in [-0.25, -0.2) is 0 Å². The van der Waals surface area contributed by atoms with E-state index in [1.165, 1.54) is 0 Å². The van der Waals surface area contributed by atoms with Crippen LogP contribution in [0.5, 0.6) is 5.75 Å². The van der Waals surface area contributed by atoms with Crippen LogP contribution in [0.15, 0.2) is 53.8 Å². The van der Waals surface area contributed by atoms with E-state index in [2.05, 4.69) is 20.8 Å². The van der Waals surface area contributed by atoms with E-state index in [1.807, 2.05) is 49.4 Å². The summed E-state index contributed by atoms with van der Waals surface area (Å²) in [4.78, 5) is 4.22. The standard InChI is InChI=1S/C16H18N4OS/c1-12(15-5-3-4-10-17-15)19-20-16(22)18-11-13-6-8-14(21-2)9-7-13/h3-10H,11H2,1-2H3,(H2,18,20,22)/b19-12-. The molecule has 0 bridgehead atoms. The number of hydrogen-bond acceptors (Lipinski definition) is 4. The van der Waals surface area contributed by atoms with Crippen molar-refractivity contribution < 1.29 is 4.74 Å². The highest BCUT2D eigenvalue weighted by Crippen LogP contribution is 2.10. The van der Waals surface area contributed by atoms with E-state index >= 15 is 0 Å². The molecule has 0 spiro atoms. The SMILES string of the molecule is COc1ccc(CNC(=S)N/N=C(/C)c2ccccn2)cc1. The Bertz CT molecular complexity index is 641. The first-order chi connectivity index (χ1) is 10.7. The van der Waals surface area contributed by atoms with Crippen molar-refractivity contribution in [2.45, 2.75) is 13.5 Å². The van der Waals surface area contributed by atoms with Crippen molar-refractivity contribution >= 4 is 23.0 Å². The quantitative estimate of drug-likeness (QED) is 0.504. The normalized spacial score (nSPS) is 10.9. The van der Waals surface area contributed by atoms with Gasteiger partial charge in [-0.05, 0) is 49.0 Å². The van der Waals surface area contributed by atoms with Gasteiger partial charge in [0, 0.05) is 12.7 Å². The second-order valence-corrected chi connectivity index (χ2v) is 4.96. The Morgan fingerprint density at radius 3 is 2.64 bits per heavy atom. The Balaban J connectivity index is 1.82. The van der Waals surface area contributed by atoms with Crippen molar-refractivity contribution in [3.8, 4) is 5.75 Å². The van der Waals surface area contributed by atoms with Crippen molar-refractivity contribution in [1.82, 2.24) is 15.7 Å². The van der Waals surface area contributed by atoms with E-state index < -0.39 is 0 Å². The molecule has 114 valence electrons. The molecule has 0 fully saturated rings. The number of aromatic nitrogens is 1. The van der Waals surface area contributed by atoms with Crippen LogP contribution in [0, 0.1) is 0 Å². The third kappa shape index (κ3) is 4.82. The third-order valence-electron chi connectivity index (χ3n) is 2.97. The summed E-state index contributed by atoms with van der Waals surface area (Å²) < 4.78 is 5.12. The second kappa shape index (κ2) is 8.09. The molecule has 1 aromatic heterocycles. The van der Waals surface area contributed by atoms with Crippen LogP contribution in [0.4, 0.5) is 0 Å². The summed E-state index contributed by atoms with van der Waals surface area (Å²) in [5.41, 5.74) is 5.51. The molecule has 1 heterocycles. The van der Waals surface area contributed by atoms with Gasteiger partial charge >= 0.3 is 0 Å². The molecule has 0 saturated heterocycles. The van der Waals surface area contributed by atoms with Crippen LogP contribution in [0.1, 0.15) is 18.2 Å². The van der Waals surface area contributed by atoms with Gasteiger partial charge in [0.2, 0.25) is 0 Å². The van der Waals surface area contributed by atoms with E-state index in [-0.39, 0.29) is 0 Å². The minimum atomic E-state index is 0.464. The zero-order chi connectivity index (χ0) is 15.8. The largest absolute Gasteiger partial charge is 0.497 e. The monoisotopic (exact) mass is 314 g/mol. The maximum atomic E-state index is 5.20. The number of nitrogens with zero attached hydrogens (tertiary/aromatic N) is 2. The van der Waals surface area contributed by atoms with Gasteiger partial charge in [-0.3, -0.25) is 10.4 Å². The molecule has 0 aliphatic carbocycles. The first-order valence-electron chi connectivity index (χ1n) is 6.81. The van der Waals surface area contributed by atoms with Gasteiger partial charge in [0.25, 0.3) is 0 Å². The Kier molecular flexibility index (Phi) is 5.85. The third-order valence-corrected chi connectivity index (χ3v) is 3.21. The molecule has 6 heteroatoms. The minimum Gasteiger partial charge on any atom is -0.497 e. The van der Waals surface area contributed by atoms with Crippen LogP contribution in [0.25, 0.3) is 0 Å². The minimum absolute atomic E-state index is 0.464. The number of pyridine rings is 1. The van der Waals surface area contributed by atoms with Crippen molar-refractivity contribution in [2.24, 2.45) is 5.10 Å². The van der Waals surface area contributed by atoms with Gasteiger partial charge in [-0.15, -0.1) is 0 Å². The maximum Gasteiger partial charge on any atom is 0.187 e. The van der Waals surface area contributed by atoms with Gasteiger partial charge in [0.05, 0.1) is 18.5 Å². The van der Waals surface area contributed by atoms with Crippen LogP contribution in [-0.4, -0.2) is 22.9 Å². The molecular weight excluding hydrogens is 296 g/mol. The molecule has 1 aromatic carbocycles. The van der Waals surface area contributed by atoms with Gasteiger partial charge in [0.1, 0.15) is 5.75 Å². The predicted octanol–water partition coefficient (Wildman–Crippen LogP) is 2.48. The van der Waals surface area contributed by atoms with Crippen LogP contribution < -0.4 is 15.5 Å². The van der Waals surface area contributed by atoms with Crippen molar-refractivity contribution in [3.63, 3.8) is 0 Å². The number of methoxy groups -OCH3 is 1. The fourth-order valence-corrected chi connectivity index (χ4v) is 1.85. The second-order valence-electron chi connectivity index (χ2n) is 4.55. The summed E-state index contributed by atoms with van der Waals surface area (Å²) in [6, 6.07) is 13.5. The number of hydrogen-bond donors (Lipinski definition) is 2. The van der Waals surface area contributed by atoms with Crippen LogP contribution in [-0.2, 0) is 6.54 Å². The molecule has 2 N–H and O–H groups in total. The highest BCUT2D eigenvalue weighted by Gasteiger charge is 1.99. The van der Waals surface area contributed by atoms with Gasteiger partial charge in [-0.1, -0.05) is 18.2 Å². The molecule has 0 amide bonds. The lowest BCUT2D eigenvalue weighted by molar-refractivity contribution is 0.414. The average molecular weight is 314 g/mol. The van der Waals surface area contributed by atoms with E-state index in [9.17, 15) is 0 Å². The maximum absolute atomic E-state index is 5.20. The molecule has 0 aliphatic heterocycles. The summed E-state index contributed by atoms with van der Waals surface area (Å²) in [7, 11) is 1.65. The zero-order valence-electron chi connectivity index (χ0n) is 12.5. The highest BCUT2D eigenvalue weighted by molar-refractivity contribution is 7.80. The summed E-state index contributed by atoms with van der Waals surface area (Å²) in [6.07, 6.45) is 1.73. The van der Waals surface area contributed by atoms with E-state index in [0.29, 0.717) is 11.7 Å². The molecule has 0 saturated carbocycles. The average Bonchev–Trinajstić information content (AvgIpc) is 2.59. The Morgan fingerprint density at radius 2 is 2.00 bits per heavy atom. The molecule has 2 rings (SSSR count). The molecule has 2 aromatic rings. The Hall–Kier alpha value is -2.47. The number of rotatable bonds is 5. The van der Waals surface area contributed by atoms with Crippen molar-refractivity contribution in [1.29, 1.82) is 0 Å². The number of nitrogens with one attached hydrogen (secondary N) is 2. The van der Waals surface area contributed by atoms with E-state index in [0.717, 1.165) is 22.7 Å². The molecule has 0 unspecified atom stereocenters. The predicted molar refractivity (Wildman–Crippen MR) is 92.0 cm³/mol. The van der Waals surface area contributed by atoms with Crippen LogP contribution >= 0.6 is 12.2 Å². The molecule has 22 heavy (non-hydrogen) atoms. The molecule has 0 aliphatic rings. The van der Waals surface area contributed by atoms with Gasteiger partial charge in [0.15, 0.2) is 5.11 Å². The highest BCUT2D eigenvalue weighted by atomic mass is 32.1.